The monoisotopic (exact) mass is 291 g/mol. The van der Waals surface area contributed by atoms with Gasteiger partial charge in [0.15, 0.2) is 0 Å². The first-order valence-corrected chi connectivity index (χ1v) is 9.03. The van der Waals surface area contributed by atoms with E-state index < -0.39 is 9.84 Å². The van der Waals surface area contributed by atoms with Crippen LogP contribution >= 0.6 is 0 Å². The summed E-state index contributed by atoms with van der Waals surface area (Å²) >= 11 is 0. The summed E-state index contributed by atoms with van der Waals surface area (Å²) in [6.07, 6.45) is 2.65. The molecule has 1 rings (SSSR count). The van der Waals surface area contributed by atoms with Gasteiger partial charge in [-0.3, -0.25) is 0 Å². The highest BCUT2D eigenvalue weighted by Crippen LogP contribution is 2.34. The minimum absolute atomic E-state index is 0.0644. The minimum atomic E-state index is -2.88. The Labute approximate surface area is 118 Å². The van der Waals surface area contributed by atoms with Gasteiger partial charge in [-0.15, -0.1) is 0 Å². The molecule has 5 heteroatoms. The number of nitrogens with one attached hydrogen (secondary N) is 1. The molecule has 1 aliphatic heterocycles. The molecule has 0 aromatic rings. The molecule has 1 aliphatic rings. The Bertz CT molecular complexity index is 365. The van der Waals surface area contributed by atoms with Crippen molar-refractivity contribution in [2.75, 3.05) is 31.3 Å². The van der Waals surface area contributed by atoms with E-state index in [4.69, 9.17) is 4.74 Å². The molecule has 0 radical (unpaired) electrons. The first-order chi connectivity index (χ1) is 8.68. The molecule has 0 unspecified atom stereocenters. The molecular formula is C14H29NO3S. The third kappa shape index (κ3) is 6.23. The number of ether oxygens (including phenoxy) is 1. The lowest BCUT2D eigenvalue weighted by Crippen LogP contribution is -2.46. The molecular weight excluding hydrogens is 262 g/mol. The lowest BCUT2D eigenvalue weighted by atomic mass is 9.77. The summed E-state index contributed by atoms with van der Waals surface area (Å²) in [6.45, 7) is 10.5. The van der Waals surface area contributed by atoms with Crippen LogP contribution in [0.3, 0.4) is 0 Å². The molecule has 1 heterocycles. The Morgan fingerprint density at radius 2 is 1.79 bits per heavy atom. The van der Waals surface area contributed by atoms with Gasteiger partial charge in [0.1, 0.15) is 9.84 Å². The van der Waals surface area contributed by atoms with Gasteiger partial charge < -0.3 is 10.1 Å². The summed E-state index contributed by atoms with van der Waals surface area (Å²) < 4.78 is 28.9. The van der Waals surface area contributed by atoms with Crippen LogP contribution in [0.15, 0.2) is 0 Å². The Hall–Kier alpha value is -0.130. The van der Waals surface area contributed by atoms with Crippen LogP contribution in [0.25, 0.3) is 0 Å². The Morgan fingerprint density at radius 1 is 1.21 bits per heavy atom. The molecule has 0 spiro atoms. The second-order valence-corrected chi connectivity index (χ2v) is 9.18. The predicted octanol–water partition coefficient (Wildman–Crippen LogP) is 2.00. The molecule has 0 bridgehead atoms. The first-order valence-electron chi connectivity index (χ1n) is 7.21. The van der Waals surface area contributed by atoms with Crippen molar-refractivity contribution in [3.63, 3.8) is 0 Å². The molecule has 1 fully saturated rings. The van der Waals surface area contributed by atoms with Gasteiger partial charge in [-0.1, -0.05) is 6.92 Å². The maximum Gasteiger partial charge on any atom is 0.150 e. The van der Waals surface area contributed by atoms with E-state index >= 15 is 0 Å². The fraction of sp³-hybridized carbons (Fsp3) is 1.00. The third-order valence-electron chi connectivity index (χ3n) is 3.93. The van der Waals surface area contributed by atoms with Crippen molar-refractivity contribution in [3.05, 3.63) is 0 Å². The second kappa shape index (κ2) is 6.55. The summed E-state index contributed by atoms with van der Waals surface area (Å²) in [6, 6.07) is 0. The molecule has 0 saturated carbocycles. The van der Waals surface area contributed by atoms with Crippen LogP contribution in [0.1, 0.15) is 47.0 Å². The predicted molar refractivity (Wildman–Crippen MR) is 79.2 cm³/mol. The van der Waals surface area contributed by atoms with Gasteiger partial charge >= 0.3 is 0 Å². The van der Waals surface area contributed by atoms with Crippen molar-refractivity contribution in [1.29, 1.82) is 0 Å². The van der Waals surface area contributed by atoms with E-state index in [-0.39, 0.29) is 16.7 Å². The van der Waals surface area contributed by atoms with Crippen LogP contribution in [0, 0.1) is 5.41 Å². The molecule has 4 nitrogen and oxygen atoms in total. The fourth-order valence-corrected chi connectivity index (χ4v) is 3.32. The summed E-state index contributed by atoms with van der Waals surface area (Å²) in [4.78, 5) is 0. The SMILES string of the molecule is CCS(=O)(=O)CCC1(CNC(C)(C)C)CCOCC1. The van der Waals surface area contributed by atoms with Crippen molar-refractivity contribution < 1.29 is 13.2 Å². The van der Waals surface area contributed by atoms with Gasteiger partial charge in [0.05, 0.1) is 5.75 Å². The van der Waals surface area contributed by atoms with Gasteiger partial charge in [0, 0.05) is 31.1 Å². The second-order valence-electron chi connectivity index (χ2n) is 6.70. The topological polar surface area (TPSA) is 55.4 Å². The molecule has 1 N–H and O–H groups in total. The molecule has 0 atom stereocenters. The van der Waals surface area contributed by atoms with Crippen molar-refractivity contribution in [2.45, 2.75) is 52.5 Å². The number of sulfone groups is 1. The zero-order valence-electron chi connectivity index (χ0n) is 12.8. The summed E-state index contributed by atoms with van der Waals surface area (Å²) in [5, 5.41) is 3.54. The van der Waals surface area contributed by atoms with E-state index in [1.54, 1.807) is 6.92 Å². The molecule has 19 heavy (non-hydrogen) atoms. The summed E-state index contributed by atoms with van der Waals surface area (Å²) in [5.41, 5.74) is 0.142. The van der Waals surface area contributed by atoms with Gasteiger partial charge in [0.25, 0.3) is 0 Å². The van der Waals surface area contributed by atoms with Crippen LogP contribution in [0.5, 0.6) is 0 Å². The maximum atomic E-state index is 11.7. The number of rotatable bonds is 6. The minimum Gasteiger partial charge on any atom is -0.381 e. The zero-order chi connectivity index (χ0) is 14.6. The average Bonchev–Trinajstić information content (AvgIpc) is 2.35. The molecule has 114 valence electrons. The zero-order valence-corrected chi connectivity index (χ0v) is 13.6. The molecule has 0 amide bonds. The first kappa shape index (κ1) is 16.9. The van der Waals surface area contributed by atoms with E-state index in [2.05, 4.69) is 26.1 Å². The van der Waals surface area contributed by atoms with Crippen LogP contribution in [0.2, 0.25) is 0 Å². The van der Waals surface area contributed by atoms with Crippen LogP contribution < -0.4 is 5.32 Å². The highest BCUT2D eigenvalue weighted by molar-refractivity contribution is 7.91. The standard InChI is InChI=1S/C14H29NO3S/c1-5-19(16,17)11-8-14(6-9-18-10-7-14)12-15-13(2,3)4/h15H,5-12H2,1-4H3. The Morgan fingerprint density at radius 3 is 2.26 bits per heavy atom. The highest BCUT2D eigenvalue weighted by Gasteiger charge is 2.34. The fourth-order valence-electron chi connectivity index (χ4n) is 2.29. The molecule has 1 saturated heterocycles. The van der Waals surface area contributed by atoms with Crippen LogP contribution in [-0.2, 0) is 14.6 Å². The highest BCUT2D eigenvalue weighted by atomic mass is 32.2. The van der Waals surface area contributed by atoms with Crippen LogP contribution in [0.4, 0.5) is 0 Å². The molecule has 0 aromatic carbocycles. The van der Waals surface area contributed by atoms with Crippen LogP contribution in [-0.4, -0.2) is 45.2 Å². The quantitative estimate of drug-likeness (QED) is 0.813. The molecule has 0 aliphatic carbocycles. The van der Waals surface area contributed by atoms with Gasteiger partial charge in [0.2, 0.25) is 0 Å². The Balaban J connectivity index is 2.65. The average molecular weight is 291 g/mol. The lowest BCUT2D eigenvalue weighted by molar-refractivity contribution is 0.0104. The van der Waals surface area contributed by atoms with E-state index in [1.807, 2.05) is 0 Å². The summed E-state index contributed by atoms with van der Waals surface area (Å²) in [7, 11) is -2.88. The largest absolute Gasteiger partial charge is 0.381 e. The van der Waals surface area contributed by atoms with Crippen molar-refractivity contribution in [3.8, 4) is 0 Å². The lowest BCUT2D eigenvalue weighted by Gasteiger charge is -2.39. The normalized spacial score (nSPS) is 20.4. The number of hydrogen-bond acceptors (Lipinski definition) is 4. The van der Waals surface area contributed by atoms with Crippen molar-refractivity contribution in [1.82, 2.24) is 5.32 Å². The Kier molecular flexibility index (Phi) is 5.83. The summed E-state index contributed by atoms with van der Waals surface area (Å²) in [5.74, 6) is 0.543. The van der Waals surface area contributed by atoms with E-state index in [0.717, 1.165) is 39.0 Å². The maximum absolute atomic E-state index is 11.7. The van der Waals surface area contributed by atoms with Gasteiger partial charge in [-0.2, -0.15) is 0 Å². The molecule has 0 aromatic heterocycles. The van der Waals surface area contributed by atoms with E-state index in [0.29, 0.717) is 5.75 Å². The van der Waals surface area contributed by atoms with Gasteiger partial charge in [-0.05, 0) is 45.4 Å². The van der Waals surface area contributed by atoms with Crippen molar-refractivity contribution >= 4 is 9.84 Å². The van der Waals surface area contributed by atoms with E-state index in [1.165, 1.54) is 0 Å². The van der Waals surface area contributed by atoms with E-state index in [9.17, 15) is 8.42 Å². The van der Waals surface area contributed by atoms with Gasteiger partial charge in [-0.25, -0.2) is 8.42 Å². The van der Waals surface area contributed by atoms with Crippen molar-refractivity contribution in [2.24, 2.45) is 5.41 Å². The smallest absolute Gasteiger partial charge is 0.150 e. The third-order valence-corrected chi connectivity index (χ3v) is 5.64. The number of hydrogen-bond donors (Lipinski definition) is 1.